The van der Waals surface area contributed by atoms with Gasteiger partial charge in [-0.25, -0.2) is 0 Å². The lowest BCUT2D eigenvalue weighted by atomic mass is 9.87. The average molecular weight is 483 g/mol. The number of ether oxygens (including phenoxy) is 1. The summed E-state index contributed by atoms with van der Waals surface area (Å²) in [7, 11) is 1.92. The Morgan fingerprint density at radius 1 is 1.15 bits per heavy atom. The van der Waals surface area contributed by atoms with Gasteiger partial charge in [0.15, 0.2) is 11.0 Å². The van der Waals surface area contributed by atoms with Gasteiger partial charge < -0.3 is 9.64 Å². The zero-order valence-electron chi connectivity index (χ0n) is 18.6. The highest BCUT2D eigenvalue weighted by Crippen LogP contribution is 2.39. The fraction of sp³-hybridized carbons (Fsp3) is 0.400. The molecule has 6 nitrogen and oxygen atoms in total. The highest BCUT2D eigenvalue weighted by molar-refractivity contribution is 7.99. The summed E-state index contributed by atoms with van der Waals surface area (Å²) in [5.41, 5.74) is 2.64. The number of benzene rings is 2. The first-order valence-electron chi connectivity index (χ1n) is 11.4. The second-order valence-electron chi connectivity index (χ2n) is 8.62. The summed E-state index contributed by atoms with van der Waals surface area (Å²) in [6.45, 7) is 0.292. The Bertz CT molecular complexity index is 1150. The molecule has 1 amide bonds. The zero-order valence-corrected chi connectivity index (χ0v) is 20.2. The topological polar surface area (TPSA) is 60.3 Å². The molecule has 1 fully saturated rings. The zero-order chi connectivity index (χ0) is 22.8. The van der Waals surface area contributed by atoms with Gasteiger partial charge in [0, 0.05) is 13.1 Å². The molecule has 0 bridgehead atoms. The van der Waals surface area contributed by atoms with Crippen LogP contribution in [0, 0.1) is 0 Å². The lowest BCUT2D eigenvalue weighted by molar-refractivity contribution is -0.129. The van der Waals surface area contributed by atoms with Gasteiger partial charge in [-0.3, -0.25) is 9.36 Å². The number of aromatic nitrogens is 3. The lowest BCUT2D eigenvalue weighted by Crippen LogP contribution is -2.34. The molecule has 2 aromatic carbocycles. The summed E-state index contributed by atoms with van der Waals surface area (Å²) in [4.78, 5) is 15.0. The van der Waals surface area contributed by atoms with Crippen molar-refractivity contribution in [2.75, 3.05) is 12.8 Å². The van der Waals surface area contributed by atoms with Crippen LogP contribution in [0.2, 0.25) is 5.02 Å². The van der Waals surface area contributed by atoms with Crippen molar-refractivity contribution in [3.63, 3.8) is 0 Å². The van der Waals surface area contributed by atoms with E-state index in [4.69, 9.17) is 16.3 Å². The van der Waals surface area contributed by atoms with E-state index in [1.807, 2.05) is 30.1 Å². The van der Waals surface area contributed by atoms with Gasteiger partial charge in [0.25, 0.3) is 0 Å². The highest BCUT2D eigenvalue weighted by atomic mass is 35.5. The van der Waals surface area contributed by atoms with Gasteiger partial charge in [-0.2, -0.15) is 0 Å². The van der Waals surface area contributed by atoms with Crippen molar-refractivity contribution in [3.8, 4) is 5.75 Å². The molecule has 1 atom stereocenters. The first kappa shape index (κ1) is 22.3. The Hall–Kier alpha value is -2.51. The van der Waals surface area contributed by atoms with Crippen LogP contribution in [-0.4, -0.2) is 38.4 Å². The Morgan fingerprint density at radius 2 is 1.94 bits per heavy atom. The molecule has 172 valence electrons. The molecular weight excluding hydrogens is 456 g/mol. The van der Waals surface area contributed by atoms with Gasteiger partial charge in [-0.15, -0.1) is 10.2 Å². The molecule has 1 saturated carbocycles. The molecule has 0 unspecified atom stereocenters. The third-order valence-corrected chi connectivity index (χ3v) is 7.60. The van der Waals surface area contributed by atoms with Crippen LogP contribution in [0.15, 0.2) is 53.7 Å². The van der Waals surface area contributed by atoms with Crippen LogP contribution in [0.3, 0.4) is 0 Å². The quantitative estimate of drug-likeness (QED) is 0.398. The molecule has 8 heteroatoms. The van der Waals surface area contributed by atoms with E-state index in [1.165, 1.54) is 22.9 Å². The van der Waals surface area contributed by atoms with Gasteiger partial charge in [-0.1, -0.05) is 59.8 Å². The van der Waals surface area contributed by atoms with Crippen LogP contribution in [-0.2, 0) is 17.8 Å². The third-order valence-electron chi connectivity index (χ3n) is 6.36. The Morgan fingerprint density at radius 3 is 2.76 bits per heavy atom. The van der Waals surface area contributed by atoms with Crippen LogP contribution in [0.5, 0.6) is 5.75 Å². The summed E-state index contributed by atoms with van der Waals surface area (Å²) in [5, 5.41) is 10.1. The van der Waals surface area contributed by atoms with Crippen LogP contribution in [0.25, 0.3) is 0 Å². The van der Waals surface area contributed by atoms with Crippen molar-refractivity contribution in [1.29, 1.82) is 0 Å². The molecule has 33 heavy (non-hydrogen) atoms. The number of para-hydroxylation sites is 1. The van der Waals surface area contributed by atoms with Crippen molar-refractivity contribution in [3.05, 3.63) is 70.5 Å². The summed E-state index contributed by atoms with van der Waals surface area (Å²) in [6.07, 6.45) is 5.39. The van der Waals surface area contributed by atoms with Gasteiger partial charge >= 0.3 is 0 Å². The molecule has 0 saturated heterocycles. The number of aryl methyl sites for hydroxylation is 1. The largest absolute Gasteiger partial charge is 0.484 e. The molecule has 3 aromatic rings. The summed E-state index contributed by atoms with van der Waals surface area (Å²) >= 11 is 7.67. The minimum atomic E-state index is 0.112. The summed E-state index contributed by atoms with van der Waals surface area (Å²) < 4.78 is 8.02. The first-order chi connectivity index (χ1) is 16.1. The molecular formula is C25H27ClN4O2S. The number of carbonyl (C=O) groups is 1. The normalized spacial score (nSPS) is 17.5. The molecule has 1 aromatic heterocycles. The van der Waals surface area contributed by atoms with Gasteiger partial charge in [0.1, 0.15) is 12.4 Å². The van der Waals surface area contributed by atoms with Gasteiger partial charge in [0.2, 0.25) is 5.91 Å². The van der Waals surface area contributed by atoms with E-state index in [0.29, 0.717) is 29.2 Å². The molecule has 0 spiro atoms. The average Bonchev–Trinajstić information content (AvgIpc) is 3.61. The summed E-state index contributed by atoms with van der Waals surface area (Å²) in [5.74, 6) is 1.84. The molecule has 0 radical (unpaired) electrons. The van der Waals surface area contributed by atoms with Gasteiger partial charge in [0.05, 0.1) is 16.8 Å². The maximum atomic E-state index is 13.1. The Balaban J connectivity index is 1.25. The lowest BCUT2D eigenvalue weighted by Gasteiger charge is -2.33. The predicted molar refractivity (Wildman–Crippen MR) is 130 cm³/mol. The maximum absolute atomic E-state index is 13.1. The molecule has 0 N–H and O–H groups in total. The monoisotopic (exact) mass is 482 g/mol. The smallest absolute Gasteiger partial charge is 0.233 e. The number of rotatable bonds is 8. The standard InChI is InChI=1S/C25H27ClN4O2S/c1-29(21-11-6-8-17-7-2-3-9-19(17)21)24(31)16-33-25-28-27-23(30(25)18-13-14-18)15-32-22-12-5-4-10-20(22)26/h2-5,7,9-10,12,18,21H,6,8,11,13-16H2,1H3/t21-/m0/s1. The van der Waals surface area contributed by atoms with Crippen LogP contribution in [0.4, 0.5) is 0 Å². The fourth-order valence-electron chi connectivity index (χ4n) is 4.44. The number of hydrogen-bond donors (Lipinski definition) is 0. The third kappa shape index (κ3) is 4.89. The number of fused-ring (bicyclic) bond motifs is 1. The molecule has 2 aliphatic rings. The van der Waals surface area contributed by atoms with Crippen molar-refractivity contribution in [2.45, 2.75) is 56.0 Å². The SMILES string of the molecule is CN(C(=O)CSc1nnc(COc2ccccc2Cl)n1C1CC1)[C@H]1CCCc2ccccc21. The van der Waals surface area contributed by atoms with Gasteiger partial charge in [-0.05, 0) is 55.4 Å². The van der Waals surface area contributed by atoms with Crippen molar-refractivity contribution in [1.82, 2.24) is 19.7 Å². The van der Waals surface area contributed by atoms with Crippen LogP contribution in [0.1, 0.15) is 54.7 Å². The van der Waals surface area contributed by atoms with Crippen molar-refractivity contribution in [2.24, 2.45) is 0 Å². The Labute approximate surface area is 203 Å². The van der Waals surface area contributed by atoms with E-state index in [0.717, 1.165) is 43.1 Å². The van der Waals surface area contributed by atoms with Crippen LogP contribution < -0.4 is 4.74 Å². The number of halogens is 1. The molecule has 1 heterocycles. The highest BCUT2D eigenvalue weighted by Gasteiger charge is 2.31. The minimum absolute atomic E-state index is 0.112. The van der Waals surface area contributed by atoms with E-state index in [1.54, 1.807) is 6.07 Å². The van der Waals surface area contributed by atoms with E-state index in [2.05, 4.69) is 39.0 Å². The Kier molecular flexibility index (Phi) is 6.60. The maximum Gasteiger partial charge on any atom is 0.233 e. The molecule has 0 aliphatic heterocycles. The number of hydrogen-bond acceptors (Lipinski definition) is 5. The number of carbonyl (C=O) groups excluding carboxylic acids is 1. The van der Waals surface area contributed by atoms with Crippen molar-refractivity contribution >= 4 is 29.3 Å². The second kappa shape index (κ2) is 9.77. The minimum Gasteiger partial charge on any atom is -0.484 e. The second-order valence-corrected chi connectivity index (χ2v) is 9.97. The molecule has 2 aliphatic carbocycles. The van der Waals surface area contributed by atoms with Crippen molar-refractivity contribution < 1.29 is 9.53 Å². The fourth-order valence-corrected chi connectivity index (χ4v) is 5.58. The summed E-state index contributed by atoms with van der Waals surface area (Å²) in [6, 6.07) is 16.4. The van der Waals surface area contributed by atoms with Crippen LogP contribution >= 0.6 is 23.4 Å². The number of nitrogens with zero attached hydrogens (tertiary/aromatic N) is 4. The first-order valence-corrected chi connectivity index (χ1v) is 12.8. The van der Waals surface area contributed by atoms with E-state index >= 15 is 0 Å². The van der Waals surface area contributed by atoms with E-state index < -0.39 is 0 Å². The van der Waals surface area contributed by atoms with E-state index in [-0.39, 0.29) is 11.9 Å². The van der Waals surface area contributed by atoms with E-state index in [9.17, 15) is 4.79 Å². The number of thioether (sulfide) groups is 1. The number of amides is 1. The molecule has 5 rings (SSSR count). The predicted octanol–water partition coefficient (Wildman–Crippen LogP) is 5.47.